The summed E-state index contributed by atoms with van der Waals surface area (Å²) in [4.78, 5) is 24.1. The molecule has 0 spiro atoms. The summed E-state index contributed by atoms with van der Waals surface area (Å²) < 4.78 is 26.4. The number of carbonyl (C=O) groups excluding carboxylic acids is 1. The number of aromatic nitrogens is 3. The van der Waals surface area contributed by atoms with Gasteiger partial charge in [-0.05, 0) is 17.7 Å². The third-order valence-electron chi connectivity index (χ3n) is 5.09. The van der Waals surface area contributed by atoms with Crippen molar-refractivity contribution in [1.29, 1.82) is 0 Å². The molecule has 1 aromatic heterocycles. The molecule has 31 heavy (non-hydrogen) atoms. The summed E-state index contributed by atoms with van der Waals surface area (Å²) in [6.07, 6.45) is 1.57. The summed E-state index contributed by atoms with van der Waals surface area (Å²) in [5.41, 5.74) is 1.64. The quantitative estimate of drug-likeness (QED) is 0.633. The highest BCUT2D eigenvalue weighted by atomic mass is 79.9. The molecule has 1 N–H and O–H groups in total. The zero-order valence-electron chi connectivity index (χ0n) is 17.1. The molecule has 3 heterocycles. The van der Waals surface area contributed by atoms with Crippen molar-refractivity contribution in [1.82, 2.24) is 25.0 Å². The number of rotatable bonds is 5. The van der Waals surface area contributed by atoms with E-state index in [1.165, 1.54) is 19.2 Å². The number of amidine groups is 1. The number of ether oxygens (including phenoxy) is 2. The first-order valence-electron chi connectivity index (χ1n) is 9.73. The number of aryl methyl sites for hydroxylation is 1. The van der Waals surface area contributed by atoms with Gasteiger partial charge in [0.2, 0.25) is 5.82 Å². The summed E-state index contributed by atoms with van der Waals surface area (Å²) in [6, 6.07) is 3.57. The van der Waals surface area contributed by atoms with Crippen LogP contribution in [0.1, 0.15) is 17.4 Å². The molecule has 1 saturated heterocycles. The average Bonchev–Trinajstić information content (AvgIpc) is 3.20. The first kappa shape index (κ1) is 21.6. The van der Waals surface area contributed by atoms with E-state index in [9.17, 15) is 9.18 Å². The van der Waals surface area contributed by atoms with Crippen LogP contribution in [-0.2, 0) is 21.3 Å². The van der Waals surface area contributed by atoms with Crippen molar-refractivity contribution in [2.75, 3.05) is 40.0 Å². The molecule has 0 radical (unpaired) electrons. The van der Waals surface area contributed by atoms with Crippen molar-refractivity contribution in [2.45, 2.75) is 6.04 Å². The van der Waals surface area contributed by atoms with Crippen LogP contribution < -0.4 is 5.32 Å². The van der Waals surface area contributed by atoms with Gasteiger partial charge >= 0.3 is 5.97 Å². The van der Waals surface area contributed by atoms with E-state index in [1.54, 1.807) is 24.1 Å². The largest absolute Gasteiger partial charge is 0.466 e. The third-order valence-corrected chi connectivity index (χ3v) is 5.77. The molecule has 0 saturated carbocycles. The first-order valence-corrected chi connectivity index (χ1v) is 10.5. The van der Waals surface area contributed by atoms with E-state index in [4.69, 9.17) is 14.5 Å². The molecule has 0 aliphatic carbocycles. The molecule has 9 nitrogen and oxygen atoms in total. The number of carbonyl (C=O) groups is 1. The maximum absolute atomic E-state index is 13.7. The summed E-state index contributed by atoms with van der Waals surface area (Å²) in [6.45, 7) is 3.18. The van der Waals surface area contributed by atoms with Crippen molar-refractivity contribution in [3.63, 3.8) is 0 Å². The van der Waals surface area contributed by atoms with E-state index in [2.05, 4.69) is 36.2 Å². The Morgan fingerprint density at radius 2 is 2.16 bits per heavy atom. The molecular formula is C20H22BrFN6O3. The van der Waals surface area contributed by atoms with Gasteiger partial charge < -0.3 is 14.8 Å². The fraction of sp³-hybridized carbons (Fsp3) is 0.400. The maximum atomic E-state index is 13.7. The van der Waals surface area contributed by atoms with Crippen molar-refractivity contribution in [3.8, 4) is 0 Å². The van der Waals surface area contributed by atoms with Gasteiger partial charge in [-0.15, -0.1) is 5.10 Å². The van der Waals surface area contributed by atoms with Crippen LogP contribution in [0.2, 0.25) is 0 Å². The Kier molecular flexibility index (Phi) is 6.44. The van der Waals surface area contributed by atoms with E-state index < -0.39 is 17.8 Å². The number of hydrogen-bond donors (Lipinski definition) is 1. The van der Waals surface area contributed by atoms with Crippen molar-refractivity contribution >= 4 is 27.7 Å². The van der Waals surface area contributed by atoms with Gasteiger partial charge in [-0.3, -0.25) is 14.6 Å². The number of hydrogen-bond acceptors (Lipinski definition) is 8. The minimum absolute atomic E-state index is 0.362. The number of esters is 1. The number of nitrogens with zero attached hydrogens (tertiary/aromatic N) is 5. The Balaban J connectivity index is 1.82. The lowest BCUT2D eigenvalue weighted by molar-refractivity contribution is -0.136. The van der Waals surface area contributed by atoms with Crippen molar-refractivity contribution in [3.05, 3.63) is 57.5 Å². The summed E-state index contributed by atoms with van der Waals surface area (Å²) in [5.74, 6) is -0.0714. The Labute approximate surface area is 187 Å². The zero-order chi connectivity index (χ0) is 22.0. The monoisotopic (exact) mass is 492 g/mol. The molecule has 1 fully saturated rings. The van der Waals surface area contributed by atoms with Gasteiger partial charge in [0.05, 0.1) is 25.9 Å². The fourth-order valence-electron chi connectivity index (χ4n) is 3.56. The Bertz CT molecular complexity index is 1050. The molecule has 1 aromatic carbocycles. The highest BCUT2D eigenvalue weighted by Gasteiger charge is 2.34. The number of halogens is 2. The molecular weight excluding hydrogens is 471 g/mol. The third kappa shape index (κ3) is 4.68. The van der Waals surface area contributed by atoms with Gasteiger partial charge in [0.25, 0.3) is 0 Å². The molecule has 2 aliphatic heterocycles. The Morgan fingerprint density at radius 1 is 1.39 bits per heavy atom. The Morgan fingerprint density at radius 3 is 2.81 bits per heavy atom. The molecule has 11 heteroatoms. The van der Waals surface area contributed by atoms with Crippen LogP contribution in [0.4, 0.5) is 4.39 Å². The molecule has 0 amide bonds. The zero-order valence-corrected chi connectivity index (χ0v) is 18.7. The lowest BCUT2D eigenvalue weighted by Crippen LogP contribution is -2.43. The van der Waals surface area contributed by atoms with E-state index in [0.29, 0.717) is 52.7 Å². The molecule has 1 unspecified atom stereocenters. The van der Waals surface area contributed by atoms with Crippen LogP contribution in [-0.4, -0.2) is 71.4 Å². The summed E-state index contributed by atoms with van der Waals surface area (Å²) >= 11 is 3.41. The highest BCUT2D eigenvalue weighted by molar-refractivity contribution is 9.10. The van der Waals surface area contributed by atoms with E-state index in [0.717, 1.165) is 13.1 Å². The van der Waals surface area contributed by atoms with Gasteiger partial charge in [0, 0.05) is 36.9 Å². The molecule has 0 bridgehead atoms. The number of morpholine rings is 1. The second-order valence-corrected chi connectivity index (χ2v) is 8.04. The van der Waals surface area contributed by atoms with Crippen LogP contribution in [0.25, 0.3) is 0 Å². The maximum Gasteiger partial charge on any atom is 0.338 e. The van der Waals surface area contributed by atoms with Crippen LogP contribution in [0.5, 0.6) is 0 Å². The van der Waals surface area contributed by atoms with Crippen molar-refractivity contribution < 1.29 is 18.7 Å². The van der Waals surface area contributed by atoms with E-state index >= 15 is 0 Å². The molecule has 4 rings (SSSR count). The van der Waals surface area contributed by atoms with Crippen LogP contribution in [0.3, 0.4) is 0 Å². The Hall–Kier alpha value is -2.63. The first-order chi connectivity index (χ1) is 15.0. The van der Waals surface area contributed by atoms with Gasteiger partial charge in [-0.2, -0.15) is 0 Å². The van der Waals surface area contributed by atoms with Crippen LogP contribution in [0.15, 0.2) is 45.3 Å². The minimum atomic E-state index is -0.724. The number of nitrogens with one attached hydrogen (secondary N) is 1. The lowest BCUT2D eigenvalue weighted by Gasteiger charge is -2.32. The van der Waals surface area contributed by atoms with E-state index in [1.807, 2.05) is 0 Å². The molecule has 2 aromatic rings. The smallest absolute Gasteiger partial charge is 0.338 e. The van der Waals surface area contributed by atoms with Gasteiger partial charge in [0.15, 0.2) is 5.84 Å². The predicted octanol–water partition coefficient (Wildman–Crippen LogP) is 1.57. The standard InChI is InChI=1S/C20H22BrFN6O3/c1-27-11-23-18(26-27)19-24-15(10-28-5-7-31-8-6-28)16(20(29)30-2)17(25-19)13-4-3-12(22)9-14(13)21/h3-4,9,11,17H,5-8,10H2,1-2H3,(H,24,25). The van der Waals surface area contributed by atoms with Gasteiger partial charge in [0.1, 0.15) is 18.2 Å². The van der Waals surface area contributed by atoms with Crippen LogP contribution in [0, 0.1) is 5.82 Å². The fourth-order valence-corrected chi connectivity index (χ4v) is 4.13. The van der Waals surface area contributed by atoms with Crippen molar-refractivity contribution in [2.24, 2.45) is 12.0 Å². The molecule has 164 valence electrons. The van der Waals surface area contributed by atoms with E-state index in [-0.39, 0.29) is 0 Å². The minimum Gasteiger partial charge on any atom is -0.466 e. The average molecular weight is 493 g/mol. The number of benzene rings is 1. The summed E-state index contributed by atoms with van der Waals surface area (Å²) in [7, 11) is 3.09. The lowest BCUT2D eigenvalue weighted by atomic mass is 9.95. The van der Waals surface area contributed by atoms with Gasteiger partial charge in [-0.25, -0.2) is 14.2 Å². The predicted molar refractivity (Wildman–Crippen MR) is 114 cm³/mol. The highest BCUT2D eigenvalue weighted by Crippen LogP contribution is 2.36. The number of aliphatic imine (C=N–C) groups is 1. The number of methoxy groups -OCH3 is 1. The molecule has 1 atom stereocenters. The second-order valence-electron chi connectivity index (χ2n) is 7.19. The van der Waals surface area contributed by atoms with Crippen LogP contribution >= 0.6 is 15.9 Å². The normalized spacial score (nSPS) is 19.7. The van der Waals surface area contributed by atoms with Gasteiger partial charge in [-0.1, -0.05) is 22.0 Å². The SMILES string of the molecule is COC(=O)C1=C(CN2CCOCC2)NC(c2ncn(C)n2)=NC1c1ccc(F)cc1Br. The topological polar surface area (TPSA) is 93.9 Å². The second kappa shape index (κ2) is 9.25. The molecule has 2 aliphatic rings. The summed E-state index contributed by atoms with van der Waals surface area (Å²) in [5, 5.41) is 7.58.